The summed E-state index contributed by atoms with van der Waals surface area (Å²) in [5.74, 6) is 0.768. The van der Waals surface area contributed by atoms with Crippen LogP contribution >= 0.6 is 11.8 Å². The van der Waals surface area contributed by atoms with Gasteiger partial charge in [0.2, 0.25) is 0 Å². The summed E-state index contributed by atoms with van der Waals surface area (Å²) in [6, 6.07) is 0. The average molecular weight is 180 g/mol. The first-order valence-electron chi connectivity index (χ1n) is 3.53. The van der Waals surface area contributed by atoms with Gasteiger partial charge in [-0.05, 0) is 13.2 Å². The summed E-state index contributed by atoms with van der Waals surface area (Å²) in [5, 5.41) is 5.10. The first kappa shape index (κ1) is 7.54. The molecular formula is C7H8N4S. The van der Waals surface area contributed by atoms with Gasteiger partial charge in [-0.1, -0.05) is 0 Å². The molecule has 0 saturated carbocycles. The molecule has 0 unspecified atom stereocenters. The van der Waals surface area contributed by atoms with Crippen LogP contribution in [-0.4, -0.2) is 25.8 Å². The third-order valence-electron chi connectivity index (χ3n) is 1.52. The highest BCUT2D eigenvalue weighted by molar-refractivity contribution is 7.98. The van der Waals surface area contributed by atoms with Gasteiger partial charge in [0.05, 0.1) is 0 Å². The Labute approximate surface area is 74.0 Å². The summed E-state index contributed by atoms with van der Waals surface area (Å²) in [5.41, 5.74) is 0.827. The van der Waals surface area contributed by atoms with Gasteiger partial charge in [0.25, 0.3) is 0 Å². The quantitative estimate of drug-likeness (QED) is 0.617. The lowest BCUT2D eigenvalue weighted by atomic mass is 10.7. The van der Waals surface area contributed by atoms with Crippen LogP contribution in [-0.2, 0) is 0 Å². The fourth-order valence-corrected chi connectivity index (χ4v) is 1.60. The van der Waals surface area contributed by atoms with Gasteiger partial charge in [-0.3, -0.25) is 0 Å². The van der Waals surface area contributed by atoms with E-state index in [4.69, 9.17) is 0 Å². The molecule has 0 spiro atoms. The van der Waals surface area contributed by atoms with Gasteiger partial charge in [-0.2, -0.15) is 5.10 Å². The van der Waals surface area contributed by atoms with E-state index in [0.29, 0.717) is 0 Å². The Morgan fingerprint density at radius 3 is 3.08 bits per heavy atom. The van der Waals surface area contributed by atoms with Crippen molar-refractivity contribution >= 4 is 17.4 Å². The van der Waals surface area contributed by atoms with E-state index in [1.54, 1.807) is 22.5 Å². The first-order chi connectivity index (χ1) is 5.81. The van der Waals surface area contributed by atoms with Crippen LogP contribution in [0.4, 0.5) is 0 Å². The molecule has 0 aliphatic carbocycles. The van der Waals surface area contributed by atoms with E-state index in [1.807, 2.05) is 19.4 Å². The van der Waals surface area contributed by atoms with Gasteiger partial charge in [-0.25, -0.2) is 14.5 Å². The lowest BCUT2D eigenvalue weighted by Gasteiger charge is -1.99. The standard InChI is InChI=1S/C7H8N4S/c1-5-9-7(12-2)6-8-3-4-11(6)10-5/h3-4H,1-2H3. The number of rotatable bonds is 1. The lowest BCUT2D eigenvalue weighted by Crippen LogP contribution is -1.98. The zero-order chi connectivity index (χ0) is 8.55. The topological polar surface area (TPSA) is 43.1 Å². The molecule has 0 radical (unpaired) electrons. The van der Waals surface area contributed by atoms with Gasteiger partial charge in [0.15, 0.2) is 5.65 Å². The van der Waals surface area contributed by atoms with E-state index in [0.717, 1.165) is 16.5 Å². The van der Waals surface area contributed by atoms with Crippen LogP contribution in [0.1, 0.15) is 5.82 Å². The number of hydrogen-bond donors (Lipinski definition) is 0. The largest absolute Gasteiger partial charge is 0.233 e. The highest BCUT2D eigenvalue weighted by Crippen LogP contribution is 2.15. The van der Waals surface area contributed by atoms with Crippen LogP contribution < -0.4 is 0 Å². The van der Waals surface area contributed by atoms with Crippen LogP contribution in [0.5, 0.6) is 0 Å². The fourth-order valence-electron chi connectivity index (χ4n) is 1.04. The highest BCUT2D eigenvalue weighted by Gasteiger charge is 2.04. The summed E-state index contributed by atoms with van der Waals surface area (Å²) in [6.45, 7) is 1.87. The molecule has 0 atom stereocenters. The molecule has 0 fully saturated rings. The van der Waals surface area contributed by atoms with Crippen molar-refractivity contribution in [3.8, 4) is 0 Å². The van der Waals surface area contributed by atoms with Crippen molar-refractivity contribution in [2.45, 2.75) is 11.9 Å². The van der Waals surface area contributed by atoms with Gasteiger partial charge in [0.1, 0.15) is 10.9 Å². The molecule has 12 heavy (non-hydrogen) atoms. The maximum absolute atomic E-state index is 4.26. The zero-order valence-corrected chi connectivity index (χ0v) is 7.67. The van der Waals surface area contributed by atoms with Crippen LogP contribution in [0.3, 0.4) is 0 Å². The number of aromatic nitrogens is 4. The van der Waals surface area contributed by atoms with E-state index in [2.05, 4.69) is 15.1 Å². The Morgan fingerprint density at radius 1 is 1.50 bits per heavy atom. The number of fused-ring (bicyclic) bond motifs is 1. The molecule has 0 saturated heterocycles. The van der Waals surface area contributed by atoms with E-state index in [9.17, 15) is 0 Å². The molecule has 2 aromatic heterocycles. The lowest BCUT2D eigenvalue weighted by molar-refractivity contribution is 0.814. The molecule has 0 N–H and O–H groups in total. The third kappa shape index (κ3) is 1.06. The van der Waals surface area contributed by atoms with Crippen molar-refractivity contribution in [2.24, 2.45) is 0 Å². The maximum Gasteiger partial charge on any atom is 0.186 e. The van der Waals surface area contributed by atoms with Crippen LogP contribution in [0.25, 0.3) is 5.65 Å². The van der Waals surface area contributed by atoms with Crippen LogP contribution in [0.15, 0.2) is 17.4 Å². The monoisotopic (exact) mass is 180 g/mol. The molecule has 0 aliphatic heterocycles. The molecule has 2 heterocycles. The minimum absolute atomic E-state index is 0.768. The number of hydrogen-bond acceptors (Lipinski definition) is 4. The minimum atomic E-state index is 0.768. The Kier molecular flexibility index (Phi) is 1.73. The minimum Gasteiger partial charge on any atom is -0.233 e. The second kappa shape index (κ2) is 2.75. The van der Waals surface area contributed by atoms with Crippen LogP contribution in [0, 0.1) is 6.92 Å². The van der Waals surface area contributed by atoms with Crippen molar-refractivity contribution in [1.82, 2.24) is 19.6 Å². The molecule has 2 aromatic rings. The average Bonchev–Trinajstić information content (AvgIpc) is 2.50. The Balaban J connectivity index is 2.80. The third-order valence-corrected chi connectivity index (χ3v) is 2.18. The van der Waals surface area contributed by atoms with E-state index in [1.165, 1.54) is 0 Å². The van der Waals surface area contributed by atoms with Gasteiger partial charge in [-0.15, -0.1) is 11.8 Å². The van der Waals surface area contributed by atoms with Gasteiger partial charge in [0, 0.05) is 12.4 Å². The molecule has 5 heteroatoms. The molecule has 0 aliphatic rings. The first-order valence-corrected chi connectivity index (χ1v) is 4.75. The predicted molar refractivity (Wildman–Crippen MR) is 47.3 cm³/mol. The van der Waals surface area contributed by atoms with Gasteiger partial charge < -0.3 is 0 Å². The fraction of sp³-hybridized carbons (Fsp3) is 0.286. The molecule has 62 valence electrons. The molecule has 0 aromatic carbocycles. The van der Waals surface area contributed by atoms with Gasteiger partial charge >= 0.3 is 0 Å². The Hall–Kier alpha value is -1.10. The number of imidazole rings is 1. The summed E-state index contributed by atoms with van der Waals surface area (Å²) >= 11 is 1.58. The zero-order valence-electron chi connectivity index (χ0n) is 6.85. The van der Waals surface area contributed by atoms with Crippen molar-refractivity contribution in [2.75, 3.05) is 6.26 Å². The Morgan fingerprint density at radius 2 is 2.33 bits per heavy atom. The number of nitrogens with zero attached hydrogens (tertiary/aromatic N) is 4. The molecule has 4 nitrogen and oxygen atoms in total. The van der Waals surface area contributed by atoms with E-state index < -0.39 is 0 Å². The number of aryl methyl sites for hydroxylation is 1. The summed E-state index contributed by atoms with van der Waals surface area (Å²) in [4.78, 5) is 8.41. The molecule has 0 bridgehead atoms. The normalized spacial score (nSPS) is 10.8. The van der Waals surface area contributed by atoms with Crippen molar-refractivity contribution < 1.29 is 0 Å². The van der Waals surface area contributed by atoms with Crippen molar-refractivity contribution in [3.05, 3.63) is 18.2 Å². The second-order valence-corrected chi connectivity index (χ2v) is 3.16. The van der Waals surface area contributed by atoms with Crippen molar-refractivity contribution in [3.63, 3.8) is 0 Å². The van der Waals surface area contributed by atoms with Crippen LogP contribution in [0.2, 0.25) is 0 Å². The summed E-state index contributed by atoms with van der Waals surface area (Å²) in [7, 11) is 0. The van der Waals surface area contributed by atoms with E-state index in [-0.39, 0.29) is 0 Å². The summed E-state index contributed by atoms with van der Waals surface area (Å²) in [6.07, 6.45) is 5.53. The SMILES string of the molecule is CSc1nc(C)nn2ccnc12. The summed E-state index contributed by atoms with van der Waals surface area (Å²) < 4.78 is 1.74. The predicted octanol–water partition coefficient (Wildman–Crippen LogP) is 1.15. The maximum atomic E-state index is 4.26. The smallest absolute Gasteiger partial charge is 0.186 e. The molecular weight excluding hydrogens is 172 g/mol. The second-order valence-electron chi connectivity index (χ2n) is 2.36. The number of thioether (sulfide) groups is 1. The molecule has 2 rings (SSSR count). The Bertz CT molecular complexity index is 409. The van der Waals surface area contributed by atoms with E-state index >= 15 is 0 Å². The molecule has 0 amide bonds. The van der Waals surface area contributed by atoms with Crippen molar-refractivity contribution in [1.29, 1.82) is 0 Å². The highest BCUT2D eigenvalue weighted by atomic mass is 32.2.